The van der Waals surface area contributed by atoms with Crippen LogP contribution in [0.15, 0.2) is 48.5 Å². The minimum Gasteiger partial charge on any atom is -0.494 e. The Kier molecular flexibility index (Phi) is 5.81. The average molecular weight is 399 g/mol. The normalized spacial score (nSPS) is 18.5. The van der Waals surface area contributed by atoms with Gasteiger partial charge in [0.1, 0.15) is 23.7 Å². The number of anilines is 1. The Morgan fingerprint density at radius 1 is 1.10 bits per heavy atom. The summed E-state index contributed by atoms with van der Waals surface area (Å²) in [6.45, 7) is 3.72. The van der Waals surface area contributed by atoms with Crippen LogP contribution in [0.2, 0.25) is 0 Å². The number of nitrogens with one attached hydrogen (secondary N) is 2. The lowest BCUT2D eigenvalue weighted by Gasteiger charge is -2.25. The number of ether oxygens (including phenoxy) is 1. The molecule has 1 heterocycles. The van der Waals surface area contributed by atoms with E-state index in [1.54, 1.807) is 31.2 Å². The van der Waals surface area contributed by atoms with Crippen LogP contribution < -0.4 is 15.4 Å². The fraction of sp³-hybridized carbons (Fsp3) is 0.286. The van der Waals surface area contributed by atoms with Gasteiger partial charge in [0.05, 0.1) is 6.61 Å². The van der Waals surface area contributed by atoms with Gasteiger partial charge in [-0.05, 0) is 55.3 Å². The quantitative estimate of drug-likeness (QED) is 0.701. The maximum atomic E-state index is 13.3. The predicted octanol–water partition coefficient (Wildman–Crippen LogP) is 3.02. The highest BCUT2D eigenvalue weighted by Gasteiger charge is 2.51. The SMILES string of the molecule is CCOc1ccc(NC(=O)CN2C(=O)NC(CC)(c3ccc(F)cc3)C2=O)cc1. The fourth-order valence-corrected chi connectivity index (χ4v) is 3.29. The number of urea groups is 1. The van der Waals surface area contributed by atoms with E-state index in [-0.39, 0.29) is 6.42 Å². The van der Waals surface area contributed by atoms with Gasteiger partial charge >= 0.3 is 6.03 Å². The third-order valence-electron chi connectivity index (χ3n) is 4.79. The van der Waals surface area contributed by atoms with Crippen molar-refractivity contribution >= 4 is 23.5 Å². The molecule has 1 aliphatic heterocycles. The summed E-state index contributed by atoms with van der Waals surface area (Å²) in [4.78, 5) is 38.7. The summed E-state index contributed by atoms with van der Waals surface area (Å²) < 4.78 is 18.6. The van der Waals surface area contributed by atoms with Crippen LogP contribution in [0.25, 0.3) is 0 Å². The first kappa shape index (κ1) is 20.3. The summed E-state index contributed by atoms with van der Waals surface area (Å²) in [6, 6.07) is 11.5. The second-order valence-corrected chi connectivity index (χ2v) is 6.59. The Hall–Kier alpha value is -3.42. The molecule has 29 heavy (non-hydrogen) atoms. The number of carbonyl (C=O) groups is 3. The molecule has 2 N–H and O–H groups in total. The van der Waals surface area contributed by atoms with Gasteiger partial charge in [-0.15, -0.1) is 0 Å². The van der Waals surface area contributed by atoms with Crippen LogP contribution in [-0.2, 0) is 15.1 Å². The van der Waals surface area contributed by atoms with Crippen molar-refractivity contribution in [2.45, 2.75) is 25.8 Å². The van der Waals surface area contributed by atoms with Crippen molar-refractivity contribution in [1.29, 1.82) is 0 Å². The van der Waals surface area contributed by atoms with Gasteiger partial charge in [-0.3, -0.25) is 14.5 Å². The van der Waals surface area contributed by atoms with E-state index in [1.165, 1.54) is 24.3 Å². The standard InChI is InChI=1S/C21H22FN3O4/c1-3-21(14-5-7-15(22)8-6-14)19(27)25(20(28)24-21)13-18(26)23-16-9-11-17(12-10-16)29-4-2/h5-12H,3-4,13H2,1-2H3,(H,23,26)(H,24,28). The van der Waals surface area contributed by atoms with Crippen LogP contribution >= 0.6 is 0 Å². The molecule has 0 bridgehead atoms. The number of nitrogens with zero attached hydrogens (tertiary/aromatic N) is 1. The Morgan fingerprint density at radius 2 is 1.76 bits per heavy atom. The maximum absolute atomic E-state index is 13.3. The molecule has 152 valence electrons. The highest BCUT2D eigenvalue weighted by atomic mass is 19.1. The summed E-state index contributed by atoms with van der Waals surface area (Å²) in [6.07, 6.45) is 0.264. The molecule has 0 saturated carbocycles. The summed E-state index contributed by atoms with van der Waals surface area (Å²) in [5.74, 6) is -0.822. The third kappa shape index (κ3) is 4.06. The zero-order valence-corrected chi connectivity index (χ0v) is 16.2. The van der Waals surface area contributed by atoms with Crippen molar-refractivity contribution in [3.63, 3.8) is 0 Å². The van der Waals surface area contributed by atoms with E-state index in [9.17, 15) is 18.8 Å². The van der Waals surface area contributed by atoms with E-state index in [4.69, 9.17) is 4.74 Å². The van der Waals surface area contributed by atoms with Gasteiger partial charge in [0.15, 0.2) is 0 Å². The van der Waals surface area contributed by atoms with Crippen LogP contribution in [0.4, 0.5) is 14.9 Å². The Bertz CT molecular complexity index is 915. The molecular weight excluding hydrogens is 377 g/mol. The molecule has 2 aromatic carbocycles. The van der Waals surface area contributed by atoms with Gasteiger partial charge in [-0.25, -0.2) is 9.18 Å². The lowest BCUT2D eigenvalue weighted by molar-refractivity contribution is -0.134. The number of carbonyl (C=O) groups excluding carboxylic acids is 3. The molecule has 8 heteroatoms. The van der Waals surface area contributed by atoms with Crippen molar-refractivity contribution in [2.75, 3.05) is 18.5 Å². The first-order valence-corrected chi connectivity index (χ1v) is 9.32. The summed E-state index contributed by atoms with van der Waals surface area (Å²) >= 11 is 0. The van der Waals surface area contributed by atoms with Crippen molar-refractivity contribution < 1.29 is 23.5 Å². The molecule has 4 amide bonds. The summed E-state index contributed by atoms with van der Waals surface area (Å²) in [5.41, 5.74) is -0.329. The first-order valence-electron chi connectivity index (χ1n) is 9.32. The minimum absolute atomic E-state index is 0.264. The van der Waals surface area contributed by atoms with E-state index in [0.717, 1.165) is 4.90 Å². The maximum Gasteiger partial charge on any atom is 0.325 e. The van der Waals surface area contributed by atoms with Crippen LogP contribution in [0.3, 0.4) is 0 Å². The molecule has 0 radical (unpaired) electrons. The topological polar surface area (TPSA) is 87.7 Å². The number of hydrogen-bond donors (Lipinski definition) is 2. The number of imide groups is 1. The smallest absolute Gasteiger partial charge is 0.325 e. The van der Waals surface area contributed by atoms with Crippen molar-refractivity contribution in [3.05, 3.63) is 59.9 Å². The second kappa shape index (κ2) is 8.30. The van der Waals surface area contributed by atoms with E-state index >= 15 is 0 Å². The molecule has 3 rings (SSSR count). The highest BCUT2D eigenvalue weighted by Crippen LogP contribution is 2.32. The molecule has 1 fully saturated rings. The number of rotatable bonds is 7. The van der Waals surface area contributed by atoms with E-state index in [2.05, 4.69) is 10.6 Å². The van der Waals surface area contributed by atoms with Crippen molar-refractivity contribution in [1.82, 2.24) is 10.2 Å². The van der Waals surface area contributed by atoms with Crippen LogP contribution in [0.5, 0.6) is 5.75 Å². The van der Waals surface area contributed by atoms with Crippen LogP contribution in [0, 0.1) is 5.82 Å². The van der Waals surface area contributed by atoms with Gasteiger partial charge in [-0.1, -0.05) is 19.1 Å². The molecular formula is C21H22FN3O4. The van der Waals surface area contributed by atoms with E-state index in [1.807, 2.05) is 6.92 Å². The van der Waals surface area contributed by atoms with Crippen LogP contribution in [0.1, 0.15) is 25.8 Å². The zero-order valence-electron chi connectivity index (χ0n) is 16.2. The Labute approximate surface area is 167 Å². The van der Waals surface area contributed by atoms with Gasteiger partial charge in [0, 0.05) is 5.69 Å². The highest BCUT2D eigenvalue weighted by molar-refractivity contribution is 6.10. The molecule has 1 atom stereocenters. The lowest BCUT2D eigenvalue weighted by atomic mass is 9.87. The molecule has 0 aromatic heterocycles. The summed E-state index contributed by atoms with van der Waals surface area (Å²) in [5, 5.41) is 5.32. The molecule has 0 spiro atoms. The molecule has 0 aliphatic carbocycles. The monoisotopic (exact) mass is 399 g/mol. The Morgan fingerprint density at radius 3 is 2.34 bits per heavy atom. The number of benzene rings is 2. The summed E-state index contributed by atoms with van der Waals surface area (Å²) in [7, 11) is 0. The molecule has 1 aliphatic rings. The molecule has 7 nitrogen and oxygen atoms in total. The average Bonchev–Trinajstić information content (AvgIpc) is 2.95. The lowest BCUT2D eigenvalue weighted by Crippen LogP contribution is -2.44. The zero-order chi connectivity index (χ0) is 21.0. The number of hydrogen-bond acceptors (Lipinski definition) is 4. The second-order valence-electron chi connectivity index (χ2n) is 6.59. The Balaban J connectivity index is 1.72. The van der Waals surface area contributed by atoms with Gasteiger partial charge in [0.2, 0.25) is 5.91 Å². The van der Waals surface area contributed by atoms with Crippen LogP contribution in [-0.4, -0.2) is 35.9 Å². The molecule has 1 unspecified atom stereocenters. The first-order chi connectivity index (χ1) is 13.9. The predicted molar refractivity (Wildman–Crippen MR) is 105 cm³/mol. The molecule has 2 aromatic rings. The van der Waals surface area contributed by atoms with Crippen molar-refractivity contribution in [2.24, 2.45) is 0 Å². The molecule has 1 saturated heterocycles. The third-order valence-corrected chi connectivity index (χ3v) is 4.79. The fourth-order valence-electron chi connectivity index (χ4n) is 3.29. The van der Waals surface area contributed by atoms with Gasteiger partial charge in [-0.2, -0.15) is 0 Å². The van der Waals surface area contributed by atoms with E-state index < -0.39 is 35.7 Å². The number of halogens is 1. The van der Waals surface area contributed by atoms with Gasteiger partial charge < -0.3 is 15.4 Å². The minimum atomic E-state index is -1.32. The van der Waals surface area contributed by atoms with E-state index in [0.29, 0.717) is 23.6 Å². The largest absolute Gasteiger partial charge is 0.494 e. The number of amides is 4. The van der Waals surface area contributed by atoms with Gasteiger partial charge in [0.25, 0.3) is 5.91 Å². The van der Waals surface area contributed by atoms with Crippen molar-refractivity contribution in [3.8, 4) is 5.75 Å².